The van der Waals surface area contributed by atoms with E-state index in [1.807, 2.05) is 15.1 Å². The van der Waals surface area contributed by atoms with Crippen molar-refractivity contribution in [2.75, 3.05) is 60.0 Å². The zero-order valence-corrected chi connectivity index (χ0v) is 71.1. The van der Waals surface area contributed by atoms with Gasteiger partial charge in [0.05, 0.1) is 75.0 Å². The maximum absolute atomic E-state index is 11.6. The predicted molar refractivity (Wildman–Crippen MR) is 390 cm³/mol. The Labute approximate surface area is 668 Å². The Bertz CT molecular complexity index is 3030. The van der Waals surface area contributed by atoms with Gasteiger partial charge < -0.3 is 132 Å². The van der Waals surface area contributed by atoms with Gasteiger partial charge in [-0.3, -0.25) is 27.2 Å². The molecule has 7 rings (SSSR count). The molecule has 3 unspecified atom stereocenters. The van der Waals surface area contributed by atoms with Crippen molar-refractivity contribution in [1.82, 2.24) is 0 Å². The molecule has 0 amide bonds. The quantitative estimate of drug-likeness (QED) is 0.0197. The number of ether oxygens (including phenoxy) is 8. The Balaban J connectivity index is 0.00000129. The van der Waals surface area contributed by atoms with Crippen LogP contribution < -0.4 is 0 Å². The number of methoxy groups -OCH3 is 1. The van der Waals surface area contributed by atoms with Crippen LogP contribution in [-0.4, -0.2) is 385 Å². The molecule has 31 atom stereocenters. The summed E-state index contributed by atoms with van der Waals surface area (Å²) in [7, 11) is 3.40. The monoisotopic (exact) mass is 1950 g/mol. The molecule has 0 spiro atoms. The SMILES string of the molecule is C.[B][C@@H]1O[C@H](COP(=O)(O)O)[C@@H](O)[C@H]1Br.[B][C@@H]1O[C@H](COP(=O)(O)O)[C@@H](O)[C@H]1C.[B][C@@H]1O[C@H](COP(=O)(O)O)[C@@H](O)[C@H]1C.[B][C@@H]1O[C@H](COP(=O)(O)O)[C@@H](O)[C@H]1OC.[B][C@@H]1O[C@H](COP(C)(=O)OP(=O)(O)O)[C@@H](O)[C@H]1C.[B][C@@H]1O[C@H](COP(O)(=[Se])OP(=O)(O)O)[C@@H](O)[C@H]1C.[B][C@@H]1O[C@H](COP([B])(=O)OP(=O)(O)O)[C@@H](O)[C@H]1C. The summed E-state index contributed by atoms with van der Waals surface area (Å²) in [5.41, 5.74) is 0. The molecule has 7 heterocycles. The maximum atomic E-state index is 11.6. The fourth-order valence-corrected chi connectivity index (χ4v) is 18.6. The second kappa shape index (κ2) is 48.8. The Morgan fingerprint density at radius 1 is 0.330 bits per heavy atom. The third-order valence-electron chi connectivity index (χ3n) is 15.5. The van der Waals surface area contributed by atoms with Gasteiger partial charge >= 0.3 is 167 Å². The van der Waals surface area contributed by atoms with E-state index in [1.165, 1.54) is 7.11 Å². The van der Waals surface area contributed by atoms with Gasteiger partial charge in [-0.1, -0.05) is 51.1 Å². The number of halogens is 1. The zero-order valence-electron chi connectivity index (χ0n) is 58.9. The standard InChI is InChI=1S/C7H15BO8P2.C6H12B2O8P2.C6H13BO8P2Se.C6H12BO7P.2C6H12BO6P.C5H9BBrO6P.CH4/c1-4-6(9)5(15-7(4)8)3-14-17(2,10)16-18(11,12)13;1-3-5(9)4(15-6(3)7)2-14-17(8,10)16-18(11,12)13;1-3-5(8)4(14-6(3)7)2-13-17(12,18)15-16(9,10)11;1-12-5-4(8)3(14-6(5)7)2-13-15(9,10)11;2*1-3-5(8)4(13-6(3)7)2-12-14(9,10)11;6-5-3(7)4(8)2(13-5)1-12-14(9,10)11;/h4-7,9H,3H2,1-2H3,(H2,11,12,13);3-6,9H,2H2,1H3,(H2,11,12,13);3-6,8H,2H2,1H3,(H,12,18)(H2,9,10,11);3-6,8H,2H2,1H3,(H2,9,10,11);2*3-6,8H,2H2,1H3,(H2,9,10,11);2-5,8H,1H2,(H2,9,10,11);1H4/t4-,5-,6+,7-,17?;2*3-,4-,5+,6-,17?;3-,4-,5-,6-;2*3-,4-,5+,6-;2-,3-,4-,5-;/m1111111./s1. The molecule has 112 heavy (non-hydrogen) atoms. The van der Waals surface area contributed by atoms with Crippen molar-refractivity contribution in [2.24, 2.45) is 29.6 Å². The van der Waals surface area contributed by atoms with E-state index in [0.717, 1.165) is 6.66 Å². The van der Waals surface area contributed by atoms with Gasteiger partial charge in [-0.15, -0.1) is 0 Å². The van der Waals surface area contributed by atoms with Crippen molar-refractivity contribution < 1.29 is 233 Å². The molecule has 69 heteroatoms. The molecule has 7 fully saturated rings. The van der Waals surface area contributed by atoms with Crippen LogP contribution in [0.5, 0.6) is 0 Å². The van der Waals surface area contributed by atoms with E-state index in [0.29, 0.717) is 0 Å². The van der Waals surface area contributed by atoms with Gasteiger partial charge in [-0.05, 0) is 0 Å². The molecule has 0 aromatic heterocycles. The molecule has 0 aliphatic carbocycles. The van der Waals surface area contributed by atoms with E-state index in [1.54, 1.807) is 34.6 Å². The molecular formula is C43H89B8BrO49P10Se. The van der Waals surface area contributed by atoms with Crippen LogP contribution in [0.4, 0.5) is 0 Å². The first kappa shape index (κ1) is 114. The number of rotatable bonds is 28. The molecule has 642 valence electrons. The number of hydrogen-bond donors (Lipinski definition) is 22. The van der Waals surface area contributed by atoms with Gasteiger partial charge in [0.15, 0.2) is 0 Å². The number of aliphatic hydroxyl groups excluding tert-OH is 7. The average molecular weight is 1950 g/mol. The molecule has 0 aromatic rings. The molecule has 7 saturated heterocycles. The minimum atomic E-state index is -5.03. The predicted octanol–water partition coefficient (Wildman–Crippen LogP) is -5.97. The molecule has 7 aliphatic heterocycles. The van der Waals surface area contributed by atoms with E-state index in [2.05, 4.69) is 51.5 Å². The first-order valence-electron chi connectivity index (χ1n) is 31.0. The molecular weight excluding hydrogens is 1860 g/mol. The molecule has 49 nitrogen and oxygen atoms in total. The fraction of sp³-hybridized carbons (Fsp3) is 1.00. The third-order valence-corrected chi connectivity index (χ3v) is 27.5. The van der Waals surface area contributed by atoms with Crippen LogP contribution in [0.25, 0.3) is 0 Å². The van der Waals surface area contributed by atoms with Crippen LogP contribution in [0.2, 0.25) is 0 Å². The van der Waals surface area contributed by atoms with Crippen molar-refractivity contribution in [1.29, 1.82) is 0 Å². The topological polar surface area (TPSA) is 765 Å². The normalized spacial score (nSPS) is 37.1. The van der Waals surface area contributed by atoms with Crippen molar-refractivity contribution in [2.45, 2.75) is 180 Å². The Hall–Kier alpha value is 2.42. The Kier molecular flexibility index (Phi) is 49.8. The van der Waals surface area contributed by atoms with E-state index < -0.39 is 234 Å². The van der Waals surface area contributed by atoms with Gasteiger partial charge in [0.25, 0.3) is 7.47 Å². The number of hydrogen-bond acceptors (Lipinski definition) is 35. The average Bonchev–Trinajstić information content (AvgIpc) is 1.47. The van der Waals surface area contributed by atoms with E-state index in [4.69, 9.17) is 178 Å². The van der Waals surface area contributed by atoms with Crippen LogP contribution in [-0.2, 0) is 124 Å². The van der Waals surface area contributed by atoms with Crippen LogP contribution in [0.1, 0.15) is 42.0 Å². The van der Waals surface area contributed by atoms with Crippen molar-refractivity contribution >= 4 is 170 Å². The summed E-state index contributed by atoms with van der Waals surface area (Å²) in [6.07, 6.45) is -16.9. The number of phosphoric ester groups is 4. The summed E-state index contributed by atoms with van der Waals surface area (Å²) in [6.45, 7) is 6.58. The molecule has 7 aliphatic rings. The number of alkyl halides is 1. The number of aliphatic hydroxyl groups is 7. The largest absolute Gasteiger partial charge is 0.476 e. The summed E-state index contributed by atoms with van der Waals surface area (Å²) in [4.78, 5) is 127. The first-order valence-corrected chi connectivity index (χ1v) is 50.0. The summed E-state index contributed by atoms with van der Waals surface area (Å²) >= 11 is 5.11. The molecule has 0 saturated carbocycles. The third kappa shape index (κ3) is 44.8. The van der Waals surface area contributed by atoms with Crippen molar-refractivity contribution in [3.8, 4) is 0 Å². The fourth-order valence-electron chi connectivity index (χ4n) is 9.24. The Morgan fingerprint density at radius 3 is 0.768 bits per heavy atom. The first-order chi connectivity index (χ1) is 49.8. The van der Waals surface area contributed by atoms with Crippen LogP contribution in [0.15, 0.2) is 0 Å². The number of phosphoric acid groups is 7. The summed E-state index contributed by atoms with van der Waals surface area (Å²) < 4.78 is 179. The van der Waals surface area contributed by atoms with E-state index in [-0.39, 0.29) is 63.4 Å². The van der Waals surface area contributed by atoms with Crippen LogP contribution in [0.3, 0.4) is 0 Å². The van der Waals surface area contributed by atoms with Crippen LogP contribution in [0, 0.1) is 29.6 Å². The minimum Gasteiger partial charge on any atom is -0.390 e. The van der Waals surface area contributed by atoms with Crippen LogP contribution >= 0.6 is 91.9 Å². The minimum absolute atomic E-state index is 0. The van der Waals surface area contributed by atoms with Gasteiger partial charge in [-0.25, -0.2) is 36.0 Å². The molecule has 22 N–H and O–H groups in total. The van der Waals surface area contributed by atoms with E-state index >= 15 is 0 Å². The smallest absolute Gasteiger partial charge is 0.390 e. The molecule has 16 radical (unpaired) electrons. The zero-order chi connectivity index (χ0) is 86.8. The Morgan fingerprint density at radius 2 is 0.554 bits per heavy atom. The summed E-state index contributed by atoms with van der Waals surface area (Å²) in [6, 6.07) is -4.86. The summed E-state index contributed by atoms with van der Waals surface area (Å²) in [5, 5.41) is 67.0. The second-order valence-electron chi connectivity index (χ2n) is 24.4. The molecule has 0 aromatic carbocycles. The van der Waals surface area contributed by atoms with Gasteiger partial charge in [0.1, 0.15) is 95.9 Å². The second-order valence-corrected chi connectivity index (χ2v) is 42.5. The summed E-state index contributed by atoms with van der Waals surface area (Å²) in [5.74, 6) is -1.55. The van der Waals surface area contributed by atoms with Crippen molar-refractivity contribution in [3.63, 3.8) is 0 Å². The van der Waals surface area contributed by atoms with Gasteiger partial charge in [-0.2, -0.15) is 0 Å². The van der Waals surface area contributed by atoms with E-state index in [9.17, 15) is 81.7 Å². The van der Waals surface area contributed by atoms with Gasteiger partial charge in [0.2, 0.25) is 7.57 Å². The van der Waals surface area contributed by atoms with Crippen molar-refractivity contribution in [3.05, 3.63) is 0 Å². The molecule has 0 bridgehead atoms. The maximum Gasteiger partial charge on any atom is 0.476 e. The van der Waals surface area contributed by atoms with Gasteiger partial charge in [0, 0.05) is 73.5 Å².